The van der Waals surface area contributed by atoms with E-state index in [1.165, 1.54) is 22.0 Å². The number of nitrogens with one attached hydrogen (secondary N) is 1. The Morgan fingerprint density at radius 3 is 3.05 bits per heavy atom. The van der Waals surface area contributed by atoms with Gasteiger partial charge in [0.25, 0.3) is 0 Å². The van der Waals surface area contributed by atoms with Crippen molar-refractivity contribution in [1.82, 2.24) is 9.88 Å². The second kappa shape index (κ2) is 4.34. The number of nitrogens with zero attached hydrogens (tertiary/aromatic N) is 2. The summed E-state index contributed by atoms with van der Waals surface area (Å²) in [5, 5.41) is 11.1. The molecule has 2 heterocycles. The van der Waals surface area contributed by atoms with Gasteiger partial charge in [0.1, 0.15) is 0 Å². The number of benzene rings is 1. The number of piperidine rings is 1. The highest BCUT2D eigenvalue weighted by Gasteiger charge is 2.49. The fourth-order valence-corrected chi connectivity index (χ4v) is 4.87. The van der Waals surface area contributed by atoms with Gasteiger partial charge in [0, 0.05) is 29.1 Å². The molecular weight excluding hydrogens is 326 g/mol. The lowest BCUT2D eigenvalue weighted by Crippen LogP contribution is -2.55. The molecule has 1 aromatic heterocycles. The van der Waals surface area contributed by atoms with E-state index in [0.717, 1.165) is 12.8 Å². The highest BCUT2D eigenvalue weighted by molar-refractivity contribution is 9.09. The van der Waals surface area contributed by atoms with Gasteiger partial charge in [0.05, 0.1) is 16.4 Å². The number of likely N-dealkylation sites (tertiary alicyclic amines) is 1. The molecule has 1 aliphatic carbocycles. The van der Waals surface area contributed by atoms with E-state index in [1.54, 1.807) is 0 Å². The fraction of sp³-hybridized carbons (Fsp3) is 0.471. The fourth-order valence-electron chi connectivity index (χ4n) is 4.28. The van der Waals surface area contributed by atoms with Crippen LogP contribution >= 0.6 is 15.9 Å². The lowest BCUT2D eigenvalue weighted by atomic mass is 9.67. The summed E-state index contributed by atoms with van der Waals surface area (Å²) >= 11 is 3.76. The van der Waals surface area contributed by atoms with Crippen molar-refractivity contribution in [2.45, 2.75) is 36.7 Å². The van der Waals surface area contributed by atoms with Crippen molar-refractivity contribution >= 4 is 26.8 Å². The molecule has 0 saturated carbocycles. The lowest BCUT2D eigenvalue weighted by Gasteiger charge is -2.50. The first-order chi connectivity index (χ1) is 10.0. The molecule has 108 valence electrons. The Labute approximate surface area is 133 Å². The SMILES string of the molecule is CN1C(Br)C(C)(C#N)C[C@@H]2c3cccc4[nH]cc(c34)C[C@H]21. The van der Waals surface area contributed by atoms with Gasteiger partial charge in [-0.3, -0.25) is 4.90 Å². The molecule has 2 aromatic rings. The van der Waals surface area contributed by atoms with Crippen molar-refractivity contribution in [3.63, 3.8) is 0 Å². The van der Waals surface area contributed by atoms with Gasteiger partial charge in [0.15, 0.2) is 0 Å². The molecule has 1 aliphatic heterocycles. The van der Waals surface area contributed by atoms with Crippen LogP contribution in [0.4, 0.5) is 0 Å². The van der Waals surface area contributed by atoms with Crippen molar-refractivity contribution in [2.75, 3.05) is 7.05 Å². The van der Waals surface area contributed by atoms with Crippen LogP contribution in [0.5, 0.6) is 0 Å². The van der Waals surface area contributed by atoms with Gasteiger partial charge in [-0.2, -0.15) is 5.26 Å². The van der Waals surface area contributed by atoms with Gasteiger partial charge in [-0.25, -0.2) is 0 Å². The summed E-state index contributed by atoms with van der Waals surface area (Å²) in [7, 11) is 2.14. The van der Waals surface area contributed by atoms with Crippen LogP contribution in [-0.4, -0.2) is 27.9 Å². The molecule has 1 N–H and O–H groups in total. The van der Waals surface area contributed by atoms with Crippen molar-refractivity contribution < 1.29 is 0 Å². The topological polar surface area (TPSA) is 42.8 Å². The normalized spacial score (nSPS) is 35.4. The average molecular weight is 344 g/mol. The Kier molecular flexibility index (Phi) is 2.76. The van der Waals surface area contributed by atoms with Crippen LogP contribution in [0.25, 0.3) is 10.9 Å². The molecular formula is C17H18BrN3. The monoisotopic (exact) mass is 343 g/mol. The minimum absolute atomic E-state index is 0.107. The molecule has 2 aliphatic rings. The van der Waals surface area contributed by atoms with E-state index >= 15 is 0 Å². The van der Waals surface area contributed by atoms with E-state index < -0.39 is 0 Å². The number of likely N-dealkylation sites (N-methyl/N-ethyl adjacent to an activating group) is 1. The first-order valence-corrected chi connectivity index (χ1v) is 8.33. The number of nitriles is 1. The molecule has 0 radical (unpaired) electrons. The van der Waals surface area contributed by atoms with Crippen molar-refractivity contribution in [2.24, 2.45) is 5.41 Å². The molecule has 1 fully saturated rings. The first-order valence-electron chi connectivity index (χ1n) is 7.41. The number of hydrogen-bond acceptors (Lipinski definition) is 2. The van der Waals surface area contributed by atoms with Crippen LogP contribution in [-0.2, 0) is 6.42 Å². The standard InChI is InChI=1S/C17H18BrN3/c1-17(9-19)7-12-11-4-3-5-13-15(11)10(8-20-13)6-14(12)21(2)16(17)18/h3-5,8,12,14,16,20H,6-7H2,1-2H3/t12-,14-,16?,17?/m1/s1. The van der Waals surface area contributed by atoms with Crippen LogP contribution in [0.15, 0.2) is 24.4 Å². The Hall–Kier alpha value is -1.31. The highest BCUT2D eigenvalue weighted by atomic mass is 79.9. The van der Waals surface area contributed by atoms with E-state index in [9.17, 15) is 5.26 Å². The summed E-state index contributed by atoms with van der Waals surface area (Å²) in [5.74, 6) is 0.431. The van der Waals surface area contributed by atoms with Crippen LogP contribution in [0.1, 0.15) is 30.4 Å². The molecule has 3 nitrogen and oxygen atoms in total. The van der Waals surface area contributed by atoms with E-state index in [1.807, 2.05) is 0 Å². The molecule has 21 heavy (non-hydrogen) atoms. The van der Waals surface area contributed by atoms with Crippen molar-refractivity contribution in [1.29, 1.82) is 5.26 Å². The Morgan fingerprint density at radius 1 is 1.48 bits per heavy atom. The molecule has 0 amide bonds. The molecule has 0 spiro atoms. The van der Waals surface area contributed by atoms with Crippen LogP contribution in [0.2, 0.25) is 0 Å². The number of fused-ring (bicyclic) bond motifs is 2. The maximum atomic E-state index is 9.67. The summed E-state index contributed by atoms with van der Waals surface area (Å²) in [6.07, 6.45) is 4.12. The third-order valence-corrected chi connectivity index (χ3v) is 7.07. The number of hydrogen-bond donors (Lipinski definition) is 1. The summed E-state index contributed by atoms with van der Waals surface area (Å²) in [6.45, 7) is 2.08. The number of H-pyrrole nitrogens is 1. The molecule has 4 rings (SSSR count). The summed E-state index contributed by atoms with van der Waals surface area (Å²) in [5.41, 5.74) is 3.69. The third kappa shape index (κ3) is 1.68. The number of halogens is 1. The maximum Gasteiger partial charge on any atom is 0.0842 e. The zero-order valence-corrected chi connectivity index (χ0v) is 13.8. The van der Waals surface area contributed by atoms with Crippen LogP contribution < -0.4 is 0 Å². The number of alkyl halides is 1. The Bertz CT molecular complexity index is 759. The van der Waals surface area contributed by atoms with Gasteiger partial charge in [-0.15, -0.1) is 0 Å². The van der Waals surface area contributed by atoms with Gasteiger partial charge in [-0.1, -0.05) is 28.1 Å². The highest BCUT2D eigenvalue weighted by Crippen LogP contribution is 2.51. The smallest absolute Gasteiger partial charge is 0.0842 e. The quantitative estimate of drug-likeness (QED) is 0.584. The van der Waals surface area contributed by atoms with Crippen molar-refractivity contribution in [3.05, 3.63) is 35.5 Å². The van der Waals surface area contributed by atoms with Gasteiger partial charge in [0.2, 0.25) is 0 Å². The molecule has 4 heteroatoms. The predicted octanol–water partition coefficient (Wildman–Crippen LogP) is 3.76. The average Bonchev–Trinajstić information content (AvgIpc) is 2.91. The van der Waals surface area contributed by atoms with E-state index in [4.69, 9.17) is 0 Å². The second-order valence-electron chi connectivity index (χ2n) is 6.70. The number of aromatic nitrogens is 1. The van der Waals surface area contributed by atoms with E-state index in [0.29, 0.717) is 12.0 Å². The van der Waals surface area contributed by atoms with Crippen molar-refractivity contribution in [3.8, 4) is 6.07 Å². The van der Waals surface area contributed by atoms with Gasteiger partial charge >= 0.3 is 0 Å². The van der Waals surface area contributed by atoms with E-state index in [2.05, 4.69) is 70.3 Å². The lowest BCUT2D eigenvalue weighted by molar-refractivity contribution is 0.0695. The minimum Gasteiger partial charge on any atom is -0.361 e. The molecule has 1 saturated heterocycles. The van der Waals surface area contributed by atoms with Gasteiger partial charge in [-0.05, 0) is 44.0 Å². The van der Waals surface area contributed by atoms with Gasteiger partial charge < -0.3 is 4.98 Å². The Morgan fingerprint density at radius 2 is 2.29 bits per heavy atom. The maximum absolute atomic E-state index is 9.67. The predicted molar refractivity (Wildman–Crippen MR) is 87.3 cm³/mol. The molecule has 1 aromatic carbocycles. The minimum atomic E-state index is -0.355. The molecule has 4 atom stereocenters. The van der Waals surface area contributed by atoms with Crippen LogP contribution in [0, 0.1) is 16.7 Å². The van der Waals surface area contributed by atoms with Crippen LogP contribution in [0.3, 0.4) is 0 Å². The summed E-state index contributed by atoms with van der Waals surface area (Å²) in [6, 6.07) is 9.53. The Balaban J connectivity index is 1.90. The largest absolute Gasteiger partial charge is 0.361 e. The second-order valence-corrected chi connectivity index (χ2v) is 7.56. The molecule has 0 bridgehead atoms. The van der Waals surface area contributed by atoms with E-state index in [-0.39, 0.29) is 10.4 Å². The number of aromatic amines is 1. The summed E-state index contributed by atoms with van der Waals surface area (Å²) < 4.78 is 0. The zero-order chi connectivity index (χ0) is 14.8. The first kappa shape index (κ1) is 13.4. The third-order valence-electron chi connectivity index (χ3n) is 5.42. The zero-order valence-electron chi connectivity index (χ0n) is 12.2. The summed E-state index contributed by atoms with van der Waals surface area (Å²) in [4.78, 5) is 5.86. The number of rotatable bonds is 0. The molecule has 2 unspecified atom stereocenters.